The molecule has 2 aromatic carbocycles. The lowest BCUT2D eigenvalue weighted by Crippen LogP contribution is -2.25. The largest absolute Gasteiger partial charge is 0.586 e. The second-order valence-corrected chi connectivity index (χ2v) is 5.22. The third-order valence-electron chi connectivity index (χ3n) is 3.20. The van der Waals surface area contributed by atoms with Gasteiger partial charge in [0.1, 0.15) is 11.3 Å². The molecule has 4 rings (SSSR count). The van der Waals surface area contributed by atoms with Crippen molar-refractivity contribution in [3.63, 3.8) is 0 Å². The molecule has 1 aromatic heterocycles. The molecule has 0 bridgehead atoms. The monoisotopic (exact) mass is 335 g/mol. The van der Waals surface area contributed by atoms with Gasteiger partial charge in [-0.25, -0.2) is 4.98 Å². The smallest absolute Gasteiger partial charge is 0.395 e. The van der Waals surface area contributed by atoms with Crippen LogP contribution in [0.1, 0.15) is 0 Å². The normalized spacial score (nSPS) is 14.9. The maximum Gasteiger partial charge on any atom is 0.586 e. The summed E-state index contributed by atoms with van der Waals surface area (Å²) in [6, 6.07) is 9.65. The van der Waals surface area contributed by atoms with Crippen molar-refractivity contribution in [1.82, 2.24) is 9.97 Å². The third-order valence-corrected chi connectivity index (χ3v) is 3.50. The van der Waals surface area contributed by atoms with E-state index in [0.29, 0.717) is 27.6 Å². The van der Waals surface area contributed by atoms with Crippen LogP contribution in [-0.4, -0.2) is 16.3 Å². The minimum absolute atomic E-state index is 0.0202. The molecule has 8 heteroatoms. The summed E-state index contributed by atoms with van der Waals surface area (Å²) in [5.41, 5.74) is 1.71. The molecule has 0 spiro atoms. The molecule has 0 radical (unpaired) electrons. The van der Waals surface area contributed by atoms with Gasteiger partial charge >= 0.3 is 6.29 Å². The standard InChI is InChI=1S/C15H8ClF2N3O2/c16-9-2-1-3-10-14(9)21-13(7-19-10)20-8-4-5-11-12(6-8)23-15(17,18)22-11/h1-7H,(H,20,21). The summed E-state index contributed by atoms with van der Waals surface area (Å²) in [7, 11) is 0. The summed E-state index contributed by atoms with van der Waals surface area (Å²) in [6.45, 7) is 0. The first kappa shape index (κ1) is 14.0. The highest BCUT2D eigenvalue weighted by atomic mass is 35.5. The Morgan fingerprint density at radius 1 is 1.09 bits per heavy atom. The van der Waals surface area contributed by atoms with Gasteiger partial charge in [-0.05, 0) is 24.3 Å². The zero-order chi connectivity index (χ0) is 16.0. The van der Waals surface area contributed by atoms with Gasteiger partial charge in [-0.2, -0.15) is 0 Å². The van der Waals surface area contributed by atoms with E-state index in [9.17, 15) is 8.78 Å². The molecule has 0 saturated heterocycles. The number of rotatable bonds is 2. The Balaban J connectivity index is 1.65. The van der Waals surface area contributed by atoms with Crippen LogP contribution in [0.3, 0.4) is 0 Å². The number of hydrogen-bond acceptors (Lipinski definition) is 5. The van der Waals surface area contributed by atoms with Gasteiger partial charge in [0, 0.05) is 11.8 Å². The van der Waals surface area contributed by atoms with Crippen LogP contribution < -0.4 is 14.8 Å². The molecule has 0 saturated carbocycles. The Morgan fingerprint density at radius 3 is 2.78 bits per heavy atom. The second-order valence-electron chi connectivity index (χ2n) is 4.82. The van der Waals surface area contributed by atoms with Crippen molar-refractivity contribution < 1.29 is 18.3 Å². The van der Waals surface area contributed by atoms with Crippen LogP contribution >= 0.6 is 11.6 Å². The molecular weight excluding hydrogens is 328 g/mol. The van der Waals surface area contributed by atoms with Crippen molar-refractivity contribution >= 4 is 34.1 Å². The molecule has 1 aliphatic heterocycles. The van der Waals surface area contributed by atoms with Crippen LogP contribution in [-0.2, 0) is 0 Å². The van der Waals surface area contributed by atoms with E-state index < -0.39 is 6.29 Å². The number of aromatic nitrogens is 2. The average molecular weight is 336 g/mol. The lowest BCUT2D eigenvalue weighted by Gasteiger charge is -2.07. The van der Waals surface area contributed by atoms with E-state index in [0.717, 1.165) is 0 Å². The number of nitrogens with one attached hydrogen (secondary N) is 1. The Labute approximate surface area is 133 Å². The van der Waals surface area contributed by atoms with Gasteiger partial charge in [-0.15, -0.1) is 8.78 Å². The number of hydrogen-bond donors (Lipinski definition) is 1. The van der Waals surface area contributed by atoms with Gasteiger partial charge in [0.15, 0.2) is 11.5 Å². The molecule has 5 nitrogen and oxygen atoms in total. The molecule has 1 N–H and O–H groups in total. The van der Waals surface area contributed by atoms with Crippen LogP contribution in [0.25, 0.3) is 11.0 Å². The fraction of sp³-hybridized carbons (Fsp3) is 0.0667. The second kappa shape index (κ2) is 4.92. The molecule has 0 fully saturated rings. The maximum atomic E-state index is 13.0. The number of fused-ring (bicyclic) bond motifs is 2. The first-order valence-corrected chi connectivity index (χ1v) is 6.96. The summed E-state index contributed by atoms with van der Waals surface area (Å²) in [5, 5.41) is 3.44. The molecule has 3 aromatic rings. The lowest BCUT2D eigenvalue weighted by molar-refractivity contribution is -0.286. The lowest BCUT2D eigenvalue weighted by atomic mass is 10.2. The summed E-state index contributed by atoms with van der Waals surface area (Å²) >= 11 is 6.09. The van der Waals surface area contributed by atoms with Gasteiger partial charge in [-0.1, -0.05) is 17.7 Å². The minimum atomic E-state index is -3.64. The minimum Gasteiger partial charge on any atom is -0.395 e. The van der Waals surface area contributed by atoms with E-state index in [4.69, 9.17) is 11.6 Å². The van der Waals surface area contributed by atoms with Gasteiger partial charge in [0.05, 0.1) is 16.7 Å². The topological polar surface area (TPSA) is 56.3 Å². The molecule has 116 valence electrons. The highest BCUT2D eigenvalue weighted by molar-refractivity contribution is 6.34. The van der Waals surface area contributed by atoms with Crippen molar-refractivity contribution in [2.45, 2.75) is 6.29 Å². The Hall–Kier alpha value is -2.67. The maximum absolute atomic E-state index is 13.0. The van der Waals surface area contributed by atoms with Crippen molar-refractivity contribution in [1.29, 1.82) is 0 Å². The van der Waals surface area contributed by atoms with E-state index >= 15 is 0 Å². The Morgan fingerprint density at radius 2 is 1.91 bits per heavy atom. The summed E-state index contributed by atoms with van der Waals surface area (Å²) in [6.07, 6.45) is -2.12. The summed E-state index contributed by atoms with van der Waals surface area (Å²) in [4.78, 5) is 8.61. The molecule has 0 aliphatic carbocycles. The predicted octanol–water partition coefficient (Wildman–Crippen LogP) is 4.35. The quantitative estimate of drug-likeness (QED) is 0.754. The number of halogens is 3. The van der Waals surface area contributed by atoms with Crippen molar-refractivity contribution in [2.24, 2.45) is 0 Å². The van der Waals surface area contributed by atoms with E-state index in [1.165, 1.54) is 18.3 Å². The van der Waals surface area contributed by atoms with Crippen LogP contribution in [0.15, 0.2) is 42.6 Å². The SMILES string of the molecule is FC1(F)Oc2ccc(Nc3cnc4cccc(Cl)c4n3)cc2O1. The molecule has 1 aliphatic rings. The Bertz CT molecular complexity index is 920. The number of ether oxygens (including phenoxy) is 2. The van der Waals surface area contributed by atoms with E-state index in [1.54, 1.807) is 24.3 Å². The molecule has 23 heavy (non-hydrogen) atoms. The van der Waals surface area contributed by atoms with Crippen molar-refractivity contribution in [3.8, 4) is 11.5 Å². The summed E-state index contributed by atoms with van der Waals surface area (Å²) < 4.78 is 34.8. The van der Waals surface area contributed by atoms with Gasteiger partial charge in [0.2, 0.25) is 0 Å². The van der Waals surface area contributed by atoms with E-state index in [1.807, 2.05) is 0 Å². The molecule has 0 atom stereocenters. The first-order valence-electron chi connectivity index (χ1n) is 6.58. The Kier molecular flexibility index (Phi) is 2.99. The van der Waals surface area contributed by atoms with Crippen LogP contribution in [0.2, 0.25) is 5.02 Å². The fourth-order valence-electron chi connectivity index (χ4n) is 2.23. The van der Waals surface area contributed by atoms with Gasteiger partial charge < -0.3 is 14.8 Å². The fourth-order valence-corrected chi connectivity index (χ4v) is 2.45. The van der Waals surface area contributed by atoms with Crippen molar-refractivity contribution in [2.75, 3.05) is 5.32 Å². The van der Waals surface area contributed by atoms with Crippen LogP contribution in [0, 0.1) is 0 Å². The molecule has 0 amide bonds. The van der Waals surface area contributed by atoms with Crippen LogP contribution in [0.5, 0.6) is 11.5 Å². The van der Waals surface area contributed by atoms with E-state index in [-0.39, 0.29) is 11.5 Å². The van der Waals surface area contributed by atoms with Gasteiger partial charge in [-0.3, -0.25) is 4.98 Å². The highest BCUT2D eigenvalue weighted by Crippen LogP contribution is 2.42. The third kappa shape index (κ3) is 2.59. The zero-order valence-electron chi connectivity index (χ0n) is 11.4. The predicted molar refractivity (Wildman–Crippen MR) is 80.5 cm³/mol. The summed E-state index contributed by atoms with van der Waals surface area (Å²) in [5.74, 6) is 0.358. The number of benzene rings is 2. The highest BCUT2D eigenvalue weighted by Gasteiger charge is 2.43. The van der Waals surface area contributed by atoms with Crippen LogP contribution in [0.4, 0.5) is 20.3 Å². The number of alkyl halides is 2. The number of anilines is 2. The van der Waals surface area contributed by atoms with Crippen molar-refractivity contribution in [3.05, 3.63) is 47.6 Å². The zero-order valence-corrected chi connectivity index (χ0v) is 12.1. The molecule has 0 unspecified atom stereocenters. The first-order chi connectivity index (χ1) is 11.0. The average Bonchev–Trinajstić information content (AvgIpc) is 2.81. The molecule has 2 heterocycles. The molecular formula is C15H8ClF2N3O2. The van der Waals surface area contributed by atoms with Gasteiger partial charge in [0.25, 0.3) is 0 Å². The number of para-hydroxylation sites is 1. The number of nitrogens with zero attached hydrogens (tertiary/aromatic N) is 2. The van der Waals surface area contributed by atoms with E-state index in [2.05, 4.69) is 24.8 Å².